The molecule has 0 saturated carbocycles. The molecule has 2 amide bonds. The number of carbonyl (C=O) groups excluding carboxylic acids is 2. The number of rotatable bonds is 2. The van der Waals surface area contributed by atoms with E-state index in [4.69, 9.17) is 0 Å². The fraction of sp³-hybridized carbons (Fsp3) is 0.500. The molecule has 1 atom stereocenters. The maximum absolute atomic E-state index is 15.2. The molecule has 6 nitrogen and oxygen atoms in total. The van der Waals surface area contributed by atoms with Crippen LogP contribution in [-0.4, -0.2) is 34.7 Å². The highest BCUT2D eigenvalue weighted by molar-refractivity contribution is 6.02. The molecule has 1 aromatic heterocycles. The van der Waals surface area contributed by atoms with Crippen molar-refractivity contribution in [3.05, 3.63) is 29.2 Å². The van der Waals surface area contributed by atoms with Gasteiger partial charge in [-0.25, -0.2) is 4.39 Å². The van der Waals surface area contributed by atoms with Crippen LogP contribution in [-0.2, 0) is 16.6 Å². The molecule has 2 aromatic rings. The summed E-state index contributed by atoms with van der Waals surface area (Å²) in [6.45, 7) is 1.80. The van der Waals surface area contributed by atoms with Gasteiger partial charge in [-0.15, -0.1) is 24.8 Å². The smallest absolute Gasteiger partial charge is 0.235 e. The van der Waals surface area contributed by atoms with Crippen LogP contribution < -0.4 is 10.6 Å². The number of carbonyl (C=O) groups is 2. The Bertz CT molecular complexity index is 865. The second kappa shape index (κ2) is 8.54. The van der Waals surface area contributed by atoms with Gasteiger partial charge in [0, 0.05) is 18.9 Å². The number of nitrogens with one attached hydrogen (secondary N) is 2. The number of fused-ring (bicyclic) bond motifs is 1. The highest BCUT2D eigenvalue weighted by Gasteiger charge is 2.32. The molecule has 1 unspecified atom stereocenters. The number of aryl methyl sites for hydroxylation is 1. The zero-order chi connectivity index (χ0) is 17.6. The van der Waals surface area contributed by atoms with Crippen molar-refractivity contribution in [3.8, 4) is 0 Å². The lowest BCUT2D eigenvalue weighted by molar-refractivity contribution is -0.134. The monoisotopic (exact) mass is 416 g/mol. The first-order valence-corrected chi connectivity index (χ1v) is 8.75. The molecule has 2 fully saturated rings. The molecule has 4 rings (SSSR count). The molecule has 2 aliphatic rings. The van der Waals surface area contributed by atoms with Crippen molar-refractivity contribution in [2.75, 3.05) is 13.1 Å². The van der Waals surface area contributed by atoms with Gasteiger partial charge in [0.15, 0.2) is 5.82 Å². The Balaban J connectivity index is 0.00000131. The quantitative estimate of drug-likeness (QED) is 0.737. The average molecular weight is 417 g/mol. The molecule has 9 heteroatoms. The Kier molecular flexibility index (Phi) is 6.83. The number of piperidine rings is 2. The zero-order valence-electron chi connectivity index (χ0n) is 15.0. The van der Waals surface area contributed by atoms with Crippen LogP contribution in [0.2, 0.25) is 0 Å². The van der Waals surface area contributed by atoms with Crippen molar-refractivity contribution in [3.63, 3.8) is 0 Å². The van der Waals surface area contributed by atoms with E-state index in [1.807, 2.05) is 12.1 Å². The molecule has 0 aliphatic carbocycles. The van der Waals surface area contributed by atoms with E-state index in [1.54, 1.807) is 7.05 Å². The molecule has 0 bridgehead atoms. The molecule has 148 valence electrons. The zero-order valence-corrected chi connectivity index (χ0v) is 16.6. The van der Waals surface area contributed by atoms with Crippen LogP contribution in [0.4, 0.5) is 4.39 Å². The van der Waals surface area contributed by atoms with Crippen LogP contribution in [0.25, 0.3) is 10.9 Å². The van der Waals surface area contributed by atoms with E-state index in [-0.39, 0.29) is 54.8 Å². The fourth-order valence-corrected chi connectivity index (χ4v) is 4.03. The summed E-state index contributed by atoms with van der Waals surface area (Å²) in [5.74, 6) is -1.15. The average Bonchev–Trinajstić information content (AvgIpc) is 2.93. The van der Waals surface area contributed by atoms with E-state index >= 15 is 4.39 Å². The summed E-state index contributed by atoms with van der Waals surface area (Å²) >= 11 is 0. The van der Waals surface area contributed by atoms with Crippen molar-refractivity contribution in [2.45, 2.75) is 37.5 Å². The van der Waals surface area contributed by atoms with E-state index in [9.17, 15) is 9.59 Å². The highest BCUT2D eigenvalue weighted by Crippen LogP contribution is 2.35. The van der Waals surface area contributed by atoms with Crippen molar-refractivity contribution in [1.82, 2.24) is 20.4 Å². The van der Waals surface area contributed by atoms with Gasteiger partial charge in [0.1, 0.15) is 5.52 Å². The van der Waals surface area contributed by atoms with Crippen molar-refractivity contribution < 1.29 is 14.0 Å². The molecule has 2 aliphatic heterocycles. The lowest BCUT2D eigenvalue weighted by atomic mass is 9.88. The lowest BCUT2D eigenvalue weighted by Crippen LogP contribution is -2.39. The second-order valence-electron chi connectivity index (χ2n) is 6.90. The summed E-state index contributed by atoms with van der Waals surface area (Å²) < 4.78 is 16.7. The van der Waals surface area contributed by atoms with Crippen molar-refractivity contribution >= 4 is 47.5 Å². The van der Waals surface area contributed by atoms with Crippen molar-refractivity contribution in [1.29, 1.82) is 0 Å². The predicted molar refractivity (Wildman–Crippen MR) is 105 cm³/mol. The molecule has 27 heavy (non-hydrogen) atoms. The number of halogens is 3. The third kappa shape index (κ3) is 3.81. The molecular weight excluding hydrogens is 394 g/mol. The maximum atomic E-state index is 15.2. The normalized spacial score (nSPS) is 20.7. The van der Waals surface area contributed by atoms with E-state index < -0.39 is 5.92 Å². The first-order valence-electron chi connectivity index (χ1n) is 8.75. The Morgan fingerprint density at radius 2 is 1.85 bits per heavy atom. The van der Waals surface area contributed by atoms with Gasteiger partial charge in [0.25, 0.3) is 0 Å². The minimum Gasteiger partial charge on any atom is -0.317 e. The summed E-state index contributed by atoms with van der Waals surface area (Å²) in [5, 5.41) is 10.7. The van der Waals surface area contributed by atoms with E-state index in [1.165, 1.54) is 4.68 Å². The third-order valence-corrected chi connectivity index (χ3v) is 5.35. The minimum atomic E-state index is -0.509. The number of nitrogens with zero attached hydrogens (tertiary/aromatic N) is 2. The molecule has 0 spiro atoms. The van der Waals surface area contributed by atoms with Gasteiger partial charge in [-0.2, -0.15) is 5.10 Å². The van der Waals surface area contributed by atoms with Gasteiger partial charge in [0.05, 0.1) is 11.6 Å². The van der Waals surface area contributed by atoms with Crippen molar-refractivity contribution in [2.24, 2.45) is 7.05 Å². The number of benzene rings is 1. The van der Waals surface area contributed by atoms with Gasteiger partial charge in [-0.05, 0) is 43.8 Å². The Morgan fingerprint density at radius 3 is 2.52 bits per heavy atom. The Morgan fingerprint density at radius 1 is 1.15 bits per heavy atom. The SMILES string of the molecule is Cl.Cl.Cn1nc(C2CCC(=O)NC2=O)c2ccc(C3CCNCC3)c(F)c21. The van der Waals surface area contributed by atoms with E-state index in [0.29, 0.717) is 23.0 Å². The molecule has 3 heterocycles. The summed E-state index contributed by atoms with van der Waals surface area (Å²) in [6, 6.07) is 3.71. The summed E-state index contributed by atoms with van der Waals surface area (Å²) in [7, 11) is 1.70. The van der Waals surface area contributed by atoms with Crippen LogP contribution >= 0.6 is 24.8 Å². The highest BCUT2D eigenvalue weighted by atomic mass is 35.5. The molecular formula is C18H23Cl2FN4O2. The molecule has 1 aromatic carbocycles. The van der Waals surface area contributed by atoms with Crippen LogP contribution in [0, 0.1) is 5.82 Å². The summed E-state index contributed by atoms with van der Waals surface area (Å²) in [4.78, 5) is 23.5. The number of imide groups is 1. The first kappa shape index (κ1) is 21.6. The minimum absolute atomic E-state index is 0. The standard InChI is InChI=1S/C18H21FN4O2.2ClH/c1-23-17-12(16(22-23)13-4-5-14(24)21-18(13)25)3-2-11(15(17)19)10-6-8-20-9-7-10;;/h2-3,10,13,20H,4-9H2,1H3,(H,21,24,25);2*1H. The van der Waals surface area contributed by atoms with Gasteiger partial charge in [-0.3, -0.25) is 19.6 Å². The predicted octanol–water partition coefficient (Wildman–Crippen LogP) is 2.54. The van der Waals surface area contributed by atoms with Gasteiger partial charge < -0.3 is 5.32 Å². The number of hydrogen-bond donors (Lipinski definition) is 2. The number of amides is 2. The number of aromatic nitrogens is 2. The summed E-state index contributed by atoms with van der Waals surface area (Å²) in [6.07, 6.45) is 2.53. The largest absolute Gasteiger partial charge is 0.317 e. The second-order valence-corrected chi connectivity index (χ2v) is 6.90. The molecule has 0 radical (unpaired) electrons. The van der Waals surface area contributed by atoms with Crippen LogP contribution in [0.5, 0.6) is 0 Å². The lowest BCUT2D eigenvalue weighted by Gasteiger charge is -2.23. The number of hydrogen-bond acceptors (Lipinski definition) is 4. The fourth-order valence-electron chi connectivity index (χ4n) is 4.03. The van der Waals surface area contributed by atoms with Crippen LogP contribution in [0.15, 0.2) is 12.1 Å². The van der Waals surface area contributed by atoms with E-state index in [2.05, 4.69) is 15.7 Å². The van der Waals surface area contributed by atoms with E-state index in [0.717, 1.165) is 31.5 Å². The van der Waals surface area contributed by atoms with Gasteiger partial charge in [0.2, 0.25) is 11.8 Å². The Labute approximate surface area is 169 Å². The van der Waals surface area contributed by atoms with Gasteiger partial charge in [-0.1, -0.05) is 12.1 Å². The Hall–Kier alpha value is -1.70. The topological polar surface area (TPSA) is 76.0 Å². The maximum Gasteiger partial charge on any atom is 0.235 e. The first-order chi connectivity index (χ1) is 12.1. The molecule has 2 saturated heterocycles. The summed E-state index contributed by atoms with van der Waals surface area (Å²) in [5.41, 5.74) is 1.72. The van der Waals surface area contributed by atoms with Crippen LogP contribution in [0.3, 0.4) is 0 Å². The molecule has 2 N–H and O–H groups in total. The van der Waals surface area contributed by atoms with Gasteiger partial charge >= 0.3 is 0 Å². The third-order valence-electron chi connectivity index (χ3n) is 5.35. The van der Waals surface area contributed by atoms with Crippen LogP contribution in [0.1, 0.15) is 48.8 Å².